The second kappa shape index (κ2) is 6.73. The fraction of sp³-hybridized carbons (Fsp3) is 0.389. The Bertz CT molecular complexity index is 717. The van der Waals surface area contributed by atoms with Gasteiger partial charge < -0.3 is 19.7 Å². The molecular formula is C18H20N2O3S. The molecule has 0 bridgehead atoms. The first-order valence-corrected chi connectivity index (χ1v) is 9.20. The Labute approximate surface area is 145 Å². The second-order valence-electron chi connectivity index (χ2n) is 6.07. The number of carbonyl (C=O) groups is 1. The van der Waals surface area contributed by atoms with E-state index in [-0.39, 0.29) is 18.9 Å². The third kappa shape index (κ3) is 3.06. The zero-order valence-electron chi connectivity index (χ0n) is 13.4. The molecule has 2 amide bonds. The predicted octanol–water partition coefficient (Wildman–Crippen LogP) is 4.63. The summed E-state index contributed by atoms with van der Waals surface area (Å²) in [6.07, 6.45) is 4.41. The van der Waals surface area contributed by atoms with Crippen LogP contribution in [0.2, 0.25) is 0 Å². The molecule has 2 aliphatic heterocycles. The van der Waals surface area contributed by atoms with Gasteiger partial charge in [-0.25, -0.2) is 4.79 Å². The minimum Gasteiger partial charge on any atom is -0.454 e. The third-order valence-electron chi connectivity index (χ3n) is 4.51. The summed E-state index contributed by atoms with van der Waals surface area (Å²) in [5.74, 6) is 1.40. The molecule has 0 saturated carbocycles. The number of carbonyl (C=O) groups excluding carboxylic acids is 1. The average molecular weight is 344 g/mol. The van der Waals surface area contributed by atoms with Gasteiger partial charge in [0.2, 0.25) is 6.79 Å². The largest absolute Gasteiger partial charge is 0.454 e. The molecule has 0 aliphatic carbocycles. The summed E-state index contributed by atoms with van der Waals surface area (Å²) >= 11 is 1.72. The Kier molecular flexibility index (Phi) is 4.30. The van der Waals surface area contributed by atoms with Crippen molar-refractivity contribution in [3.63, 3.8) is 0 Å². The Morgan fingerprint density at radius 2 is 2.08 bits per heavy atom. The molecule has 1 aromatic carbocycles. The summed E-state index contributed by atoms with van der Waals surface area (Å²) in [6, 6.07) is 9.80. The average Bonchev–Trinajstić information content (AvgIpc) is 3.21. The molecule has 1 aromatic heterocycles. The molecule has 1 N–H and O–H groups in total. The highest BCUT2D eigenvalue weighted by Gasteiger charge is 2.27. The van der Waals surface area contributed by atoms with Crippen LogP contribution >= 0.6 is 11.3 Å². The molecule has 126 valence electrons. The summed E-state index contributed by atoms with van der Waals surface area (Å²) in [7, 11) is 0. The van der Waals surface area contributed by atoms with Crippen LogP contribution in [0.1, 0.15) is 36.6 Å². The number of ether oxygens (including phenoxy) is 2. The van der Waals surface area contributed by atoms with Crippen LogP contribution in [0.15, 0.2) is 35.7 Å². The smallest absolute Gasteiger partial charge is 0.322 e. The van der Waals surface area contributed by atoms with Crippen molar-refractivity contribution in [2.75, 3.05) is 18.7 Å². The lowest BCUT2D eigenvalue weighted by Crippen LogP contribution is -2.37. The van der Waals surface area contributed by atoms with Gasteiger partial charge in [-0.15, -0.1) is 11.3 Å². The number of benzene rings is 1. The molecule has 5 nitrogen and oxygen atoms in total. The van der Waals surface area contributed by atoms with Crippen LogP contribution in [-0.2, 0) is 0 Å². The highest BCUT2D eigenvalue weighted by Crippen LogP contribution is 2.36. The van der Waals surface area contributed by atoms with Gasteiger partial charge in [0.25, 0.3) is 0 Å². The molecule has 24 heavy (non-hydrogen) atoms. The summed E-state index contributed by atoms with van der Waals surface area (Å²) in [4.78, 5) is 16.1. The van der Waals surface area contributed by atoms with Crippen molar-refractivity contribution in [1.82, 2.24) is 4.90 Å². The number of anilines is 1. The number of likely N-dealkylation sites (tertiary alicyclic amines) is 1. The van der Waals surface area contributed by atoms with E-state index in [0.717, 1.165) is 37.2 Å². The minimum absolute atomic E-state index is 0.0471. The quantitative estimate of drug-likeness (QED) is 0.864. The summed E-state index contributed by atoms with van der Waals surface area (Å²) in [5, 5.41) is 5.09. The van der Waals surface area contributed by atoms with Crippen molar-refractivity contribution < 1.29 is 14.3 Å². The molecule has 1 atom stereocenters. The van der Waals surface area contributed by atoms with E-state index >= 15 is 0 Å². The highest BCUT2D eigenvalue weighted by atomic mass is 32.1. The molecule has 0 spiro atoms. The van der Waals surface area contributed by atoms with Crippen molar-refractivity contribution in [1.29, 1.82) is 0 Å². The lowest BCUT2D eigenvalue weighted by Gasteiger charge is -2.29. The van der Waals surface area contributed by atoms with E-state index in [0.29, 0.717) is 5.75 Å². The molecule has 2 aliphatic rings. The van der Waals surface area contributed by atoms with Gasteiger partial charge in [0, 0.05) is 23.2 Å². The first kappa shape index (κ1) is 15.3. The lowest BCUT2D eigenvalue weighted by molar-refractivity contribution is 0.174. The minimum atomic E-state index is -0.0471. The molecule has 1 saturated heterocycles. The zero-order valence-corrected chi connectivity index (χ0v) is 14.2. The molecule has 4 rings (SSSR count). The van der Waals surface area contributed by atoms with Gasteiger partial charge >= 0.3 is 6.03 Å². The molecule has 2 aromatic rings. The van der Waals surface area contributed by atoms with Crippen LogP contribution in [-0.4, -0.2) is 24.3 Å². The number of thiophene rings is 1. The Morgan fingerprint density at radius 1 is 1.17 bits per heavy atom. The molecule has 1 unspecified atom stereocenters. The lowest BCUT2D eigenvalue weighted by atomic mass is 10.1. The van der Waals surface area contributed by atoms with Crippen LogP contribution in [0.5, 0.6) is 11.5 Å². The Morgan fingerprint density at radius 3 is 2.96 bits per heavy atom. The summed E-state index contributed by atoms with van der Waals surface area (Å²) in [6.45, 7) is 1.03. The van der Waals surface area contributed by atoms with Crippen LogP contribution < -0.4 is 14.8 Å². The summed E-state index contributed by atoms with van der Waals surface area (Å²) in [5.41, 5.74) is 0.735. The number of nitrogens with one attached hydrogen (secondary N) is 1. The first-order chi connectivity index (χ1) is 11.8. The fourth-order valence-electron chi connectivity index (χ4n) is 3.30. The maximum absolute atomic E-state index is 12.9. The Hall–Kier alpha value is -2.21. The molecule has 6 heteroatoms. The fourth-order valence-corrected chi connectivity index (χ4v) is 4.17. The maximum atomic E-state index is 12.9. The third-order valence-corrected chi connectivity index (χ3v) is 5.48. The number of hydrogen-bond acceptors (Lipinski definition) is 4. The summed E-state index contributed by atoms with van der Waals surface area (Å²) < 4.78 is 10.7. The second-order valence-corrected chi connectivity index (χ2v) is 7.05. The van der Waals surface area contributed by atoms with Gasteiger partial charge in [0.15, 0.2) is 11.5 Å². The standard InChI is InChI=1S/C18H20N2O3S/c21-18(19-13-7-8-15-16(11-13)23-12-22-15)20-9-3-1-2-5-14(20)17-6-4-10-24-17/h4,6-8,10-11,14H,1-3,5,9,12H2,(H,19,21). The van der Waals surface area contributed by atoms with Gasteiger partial charge in [-0.2, -0.15) is 0 Å². The van der Waals surface area contributed by atoms with Gasteiger partial charge in [0.05, 0.1) is 6.04 Å². The zero-order chi connectivity index (χ0) is 16.4. The van der Waals surface area contributed by atoms with Gasteiger partial charge in [-0.3, -0.25) is 0 Å². The molecule has 1 fully saturated rings. The van der Waals surface area contributed by atoms with Crippen molar-refractivity contribution in [2.24, 2.45) is 0 Å². The highest BCUT2D eigenvalue weighted by molar-refractivity contribution is 7.10. The Balaban J connectivity index is 1.52. The number of rotatable bonds is 2. The van der Waals surface area contributed by atoms with Crippen LogP contribution in [0, 0.1) is 0 Å². The van der Waals surface area contributed by atoms with E-state index in [9.17, 15) is 4.79 Å². The van der Waals surface area contributed by atoms with Crippen LogP contribution in [0.25, 0.3) is 0 Å². The number of amides is 2. The van der Waals surface area contributed by atoms with Crippen molar-refractivity contribution in [2.45, 2.75) is 31.7 Å². The monoisotopic (exact) mass is 344 g/mol. The first-order valence-electron chi connectivity index (χ1n) is 8.32. The van der Waals surface area contributed by atoms with Gasteiger partial charge in [-0.1, -0.05) is 18.9 Å². The van der Waals surface area contributed by atoms with Crippen molar-refractivity contribution in [3.8, 4) is 11.5 Å². The number of hydrogen-bond donors (Lipinski definition) is 1. The normalized spacial score (nSPS) is 19.8. The molecule has 0 radical (unpaired) electrons. The van der Waals surface area contributed by atoms with Crippen molar-refractivity contribution >= 4 is 23.1 Å². The molecular weight excluding hydrogens is 324 g/mol. The maximum Gasteiger partial charge on any atom is 0.322 e. The van der Waals surface area contributed by atoms with Crippen molar-refractivity contribution in [3.05, 3.63) is 40.6 Å². The van der Waals surface area contributed by atoms with Gasteiger partial charge in [0.1, 0.15) is 0 Å². The number of urea groups is 1. The SMILES string of the molecule is O=C(Nc1ccc2c(c1)OCO2)N1CCCCCC1c1cccs1. The van der Waals surface area contributed by atoms with E-state index in [1.807, 2.05) is 23.1 Å². The van der Waals surface area contributed by atoms with Gasteiger partial charge in [-0.05, 0) is 36.4 Å². The van der Waals surface area contributed by atoms with E-state index in [4.69, 9.17) is 9.47 Å². The number of nitrogens with zero attached hydrogens (tertiary/aromatic N) is 1. The van der Waals surface area contributed by atoms with E-state index in [2.05, 4.69) is 22.8 Å². The van der Waals surface area contributed by atoms with Crippen LogP contribution in [0.3, 0.4) is 0 Å². The number of fused-ring (bicyclic) bond motifs is 1. The predicted molar refractivity (Wildman–Crippen MR) is 93.8 cm³/mol. The molecule has 3 heterocycles. The van der Waals surface area contributed by atoms with E-state index in [1.54, 1.807) is 11.3 Å². The van der Waals surface area contributed by atoms with E-state index < -0.39 is 0 Å². The van der Waals surface area contributed by atoms with E-state index in [1.165, 1.54) is 11.3 Å². The van der Waals surface area contributed by atoms with Crippen LogP contribution in [0.4, 0.5) is 10.5 Å². The topological polar surface area (TPSA) is 50.8 Å².